The van der Waals surface area contributed by atoms with Crippen LogP contribution in [0.2, 0.25) is 0 Å². The molecule has 2 aromatic carbocycles. The zero-order valence-electron chi connectivity index (χ0n) is 11.2. The summed E-state index contributed by atoms with van der Waals surface area (Å²) in [6.07, 6.45) is 3.37. The molecule has 0 atom stereocenters. The number of hydrogen-bond acceptors (Lipinski definition) is 2. The SMILES string of the molecule is O=C1CCCN1C(=O)c1ccc2c3c(cccc13)CC2. The number of carbonyl (C=O) groups excluding carboxylic acids is 2. The standard InChI is InChI=1S/C17H15NO2/c19-15-5-2-10-18(15)17(20)14-9-8-12-7-6-11-3-1-4-13(14)16(11)12/h1,3-4,8-9H,2,5-7,10H2. The Bertz CT molecular complexity index is 738. The molecule has 1 heterocycles. The summed E-state index contributed by atoms with van der Waals surface area (Å²) >= 11 is 0. The maximum atomic E-state index is 12.6. The lowest BCUT2D eigenvalue weighted by Gasteiger charge is -2.15. The van der Waals surface area contributed by atoms with Crippen LogP contribution in [0.25, 0.3) is 10.8 Å². The van der Waals surface area contributed by atoms with E-state index >= 15 is 0 Å². The molecule has 1 fully saturated rings. The first-order valence-corrected chi connectivity index (χ1v) is 7.14. The fourth-order valence-electron chi connectivity index (χ4n) is 3.44. The van der Waals surface area contributed by atoms with Crippen LogP contribution in [0.5, 0.6) is 0 Å². The summed E-state index contributed by atoms with van der Waals surface area (Å²) < 4.78 is 0. The summed E-state index contributed by atoms with van der Waals surface area (Å²) in [6.45, 7) is 0.556. The van der Waals surface area contributed by atoms with Gasteiger partial charge in [0.2, 0.25) is 5.91 Å². The number of imide groups is 1. The monoisotopic (exact) mass is 265 g/mol. The number of likely N-dealkylation sites (tertiary alicyclic amines) is 1. The van der Waals surface area contributed by atoms with Gasteiger partial charge in [-0.05, 0) is 47.2 Å². The molecule has 4 rings (SSSR count). The molecule has 0 aromatic heterocycles. The van der Waals surface area contributed by atoms with Crippen molar-refractivity contribution >= 4 is 22.6 Å². The second-order valence-electron chi connectivity index (χ2n) is 5.57. The van der Waals surface area contributed by atoms with Gasteiger partial charge in [-0.3, -0.25) is 14.5 Å². The molecule has 0 bridgehead atoms. The number of hydrogen-bond donors (Lipinski definition) is 0. The molecule has 0 spiro atoms. The lowest BCUT2D eigenvalue weighted by atomic mass is 9.99. The largest absolute Gasteiger partial charge is 0.278 e. The average Bonchev–Trinajstić information content (AvgIpc) is 3.07. The predicted octanol–water partition coefficient (Wildman–Crippen LogP) is 2.70. The van der Waals surface area contributed by atoms with Crippen LogP contribution in [0.1, 0.15) is 34.3 Å². The number of nitrogens with zero attached hydrogens (tertiary/aromatic N) is 1. The van der Waals surface area contributed by atoms with Crippen molar-refractivity contribution in [2.75, 3.05) is 6.54 Å². The molecule has 20 heavy (non-hydrogen) atoms. The van der Waals surface area contributed by atoms with E-state index in [4.69, 9.17) is 0 Å². The van der Waals surface area contributed by atoms with E-state index in [-0.39, 0.29) is 11.8 Å². The molecule has 1 aliphatic heterocycles. The van der Waals surface area contributed by atoms with Gasteiger partial charge in [-0.2, -0.15) is 0 Å². The fourth-order valence-corrected chi connectivity index (χ4v) is 3.44. The lowest BCUT2D eigenvalue weighted by molar-refractivity contribution is -0.125. The Morgan fingerprint density at radius 2 is 1.80 bits per heavy atom. The minimum absolute atomic E-state index is 0.0433. The minimum atomic E-state index is -0.136. The molecule has 2 aliphatic rings. The van der Waals surface area contributed by atoms with E-state index in [1.807, 2.05) is 24.3 Å². The number of aryl methyl sites for hydroxylation is 2. The molecular formula is C17H15NO2. The lowest BCUT2D eigenvalue weighted by Crippen LogP contribution is -2.31. The van der Waals surface area contributed by atoms with Gasteiger partial charge in [0.25, 0.3) is 5.91 Å². The Hall–Kier alpha value is -2.16. The maximum absolute atomic E-state index is 12.6. The van der Waals surface area contributed by atoms with Crippen molar-refractivity contribution in [1.82, 2.24) is 4.90 Å². The Kier molecular flexibility index (Phi) is 2.43. The van der Waals surface area contributed by atoms with Gasteiger partial charge in [0.1, 0.15) is 0 Å². The third-order valence-corrected chi connectivity index (χ3v) is 4.43. The molecule has 2 amide bonds. The van der Waals surface area contributed by atoms with E-state index in [0.717, 1.165) is 24.6 Å². The van der Waals surface area contributed by atoms with E-state index in [1.165, 1.54) is 21.4 Å². The first kappa shape index (κ1) is 11.6. The van der Waals surface area contributed by atoms with Crippen molar-refractivity contribution in [3.63, 3.8) is 0 Å². The summed E-state index contributed by atoms with van der Waals surface area (Å²) in [5, 5.41) is 2.23. The fraction of sp³-hybridized carbons (Fsp3) is 0.294. The summed E-state index contributed by atoms with van der Waals surface area (Å²) in [5.74, 6) is -0.179. The zero-order chi connectivity index (χ0) is 13.7. The van der Waals surface area contributed by atoms with Crippen LogP contribution in [0.4, 0.5) is 0 Å². The highest BCUT2D eigenvalue weighted by Crippen LogP contribution is 2.33. The maximum Gasteiger partial charge on any atom is 0.261 e. The second-order valence-corrected chi connectivity index (χ2v) is 5.57. The molecule has 1 aliphatic carbocycles. The van der Waals surface area contributed by atoms with Gasteiger partial charge in [-0.25, -0.2) is 0 Å². The summed E-state index contributed by atoms with van der Waals surface area (Å²) in [6, 6.07) is 10.1. The van der Waals surface area contributed by atoms with E-state index in [2.05, 4.69) is 6.07 Å². The van der Waals surface area contributed by atoms with Crippen molar-refractivity contribution < 1.29 is 9.59 Å². The van der Waals surface area contributed by atoms with Crippen molar-refractivity contribution in [1.29, 1.82) is 0 Å². The average molecular weight is 265 g/mol. The van der Waals surface area contributed by atoms with Crippen molar-refractivity contribution in [2.24, 2.45) is 0 Å². The second kappa shape index (κ2) is 4.17. The molecule has 0 radical (unpaired) electrons. The molecule has 0 unspecified atom stereocenters. The van der Waals surface area contributed by atoms with Crippen LogP contribution < -0.4 is 0 Å². The Balaban J connectivity index is 1.89. The van der Waals surface area contributed by atoms with Gasteiger partial charge in [-0.1, -0.05) is 24.3 Å². The molecular weight excluding hydrogens is 250 g/mol. The van der Waals surface area contributed by atoms with Crippen LogP contribution in [0.15, 0.2) is 30.3 Å². The van der Waals surface area contributed by atoms with Crippen molar-refractivity contribution in [2.45, 2.75) is 25.7 Å². The van der Waals surface area contributed by atoms with E-state index in [0.29, 0.717) is 18.5 Å². The number of rotatable bonds is 1. The Labute approximate surface area is 117 Å². The quantitative estimate of drug-likeness (QED) is 0.743. The van der Waals surface area contributed by atoms with Gasteiger partial charge in [-0.15, -0.1) is 0 Å². The van der Waals surface area contributed by atoms with Crippen LogP contribution in [0, 0.1) is 0 Å². The summed E-state index contributed by atoms with van der Waals surface area (Å²) in [5.41, 5.74) is 3.31. The van der Waals surface area contributed by atoms with Gasteiger partial charge in [0.05, 0.1) is 0 Å². The molecule has 100 valence electrons. The van der Waals surface area contributed by atoms with Crippen molar-refractivity contribution in [3.8, 4) is 0 Å². The molecule has 0 N–H and O–H groups in total. The number of carbonyl (C=O) groups is 2. The molecule has 1 saturated heterocycles. The first-order chi connectivity index (χ1) is 9.75. The minimum Gasteiger partial charge on any atom is -0.278 e. The predicted molar refractivity (Wildman–Crippen MR) is 76.6 cm³/mol. The van der Waals surface area contributed by atoms with Gasteiger partial charge in [0.15, 0.2) is 0 Å². The third kappa shape index (κ3) is 1.52. The molecule has 2 aromatic rings. The Morgan fingerprint density at radius 1 is 1.00 bits per heavy atom. The highest BCUT2D eigenvalue weighted by atomic mass is 16.2. The Morgan fingerprint density at radius 3 is 2.55 bits per heavy atom. The van der Waals surface area contributed by atoms with E-state index in [1.54, 1.807) is 0 Å². The highest BCUT2D eigenvalue weighted by Gasteiger charge is 2.29. The van der Waals surface area contributed by atoms with Gasteiger partial charge in [0, 0.05) is 18.5 Å². The number of benzene rings is 2. The van der Waals surface area contributed by atoms with Crippen molar-refractivity contribution in [3.05, 3.63) is 47.0 Å². The summed E-state index contributed by atoms with van der Waals surface area (Å²) in [4.78, 5) is 25.8. The van der Waals surface area contributed by atoms with Crippen LogP contribution in [-0.4, -0.2) is 23.3 Å². The topological polar surface area (TPSA) is 37.4 Å². The van der Waals surface area contributed by atoms with E-state index < -0.39 is 0 Å². The smallest absolute Gasteiger partial charge is 0.261 e. The van der Waals surface area contributed by atoms with Gasteiger partial charge < -0.3 is 0 Å². The molecule has 0 saturated carbocycles. The third-order valence-electron chi connectivity index (χ3n) is 4.43. The van der Waals surface area contributed by atoms with Crippen LogP contribution >= 0.6 is 0 Å². The number of amides is 2. The summed E-state index contributed by atoms with van der Waals surface area (Å²) in [7, 11) is 0. The highest BCUT2D eigenvalue weighted by molar-refractivity contribution is 6.13. The van der Waals surface area contributed by atoms with Gasteiger partial charge >= 0.3 is 0 Å². The normalized spacial score (nSPS) is 17.2. The first-order valence-electron chi connectivity index (χ1n) is 7.14. The van der Waals surface area contributed by atoms with Crippen LogP contribution in [0.3, 0.4) is 0 Å². The molecule has 3 heteroatoms. The molecule has 3 nitrogen and oxygen atoms in total. The van der Waals surface area contributed by atoms with E-state index in [9.17, 15) is 9.59 Å². The zero-order valence-corrected chi connectivity index (χ0v) is 11.2. The van der Waals surface area contributed by atoms with Crippen LogP contribution in [-0.2, 0) is 17.6 Å².